The van der Waals surface area contributed by atoms with Gasteiger partial charge < -0.3 is 10.6 Å². The van der Waals surface area contributed by atoms with Gasteiger partial charge in [0, 0.05) is 18.8 Å². The Morgan fingerprint density at radius 2 is 1.94 bits per heavy atom. The number of benzene rings is 1. The third-order valence-corrected chi connectivity index (χ3v) is 2.38. The number of nitrogens with two attached hydrogens (primary N) is 1. The van der Waals surface area contributed by atoms with Crippen molar-refractivity contribution in [3.63, 3.8) is 0 Å². The quantitative estimate of drug-likeness (QED) is 0.838. The zero-order chi connectivity index (χ0) is 14.1. The van der Waals surface area contributed by atoms with Crippen LogP contribution in [0, 0.1) is 5.82 Å². The van der Waals surface area contributed by atoms with Crippen molar-refractivity contribution < 1.29 is 9.18 Å². The lowest BCUT2D eigenvalue weighted by molar-refractivity contribution is 0.0760. The van der Waals surface area contributed by atoms with Gasteiger partial charge in [-0.2, -0.15) is 0 Å². The van der Waals surface area contributed by atoms with Crippen LogP contribution in [0.1, 0.15) is 44.5 Å². The van der Waals surface area contributed by atoms with Crippen LogP contribution in [0.3, 0.4) is 0 Å². The van der Waals surface area contributed by atoms with E-state index in [1.54, 1.807) is 4.90 Å². The van der Waals surface area contributed by atoms with Gasteiger partial charge in [-0.3, -0.25) is 4.79 Å². The maximum Gasteiger partial charge on any atom is 0.256 e. The maximum absolute atomic E-state index is 13.5. The summed E-state index contributed by atoms with van der Waals surface area (Å²) in [4.78, 5) is 13.6. The molecule has 1 aromatic carbocycles. The van der Waals surface area contributed by atoms with Crippen LogP contribution in [-0.2, 0) is 0 Å². The molecular formula is C14H23FN2O. The second-order valence-electron chi connectivity index (χ2n) is 3.62. The van der Waals surface area contributed by atoms with Crippen LogP contribution in [-0.4, -0.2) is 23.9 Å². The van der Waals surface area contributed by atoms with Crippen molar-refractivity contribution in [3.05, 3.63) is 29.6 Å². The van der Waals surface area contributed by atoms with Crippen molar-refractivity contribution in [2.45, 2.75) is 34.1 Å². The van der Waals surface area contributed by atoms with Crippen LogP contribution >= 0.6 is 0 Å². The number of amides is 1. The molecule has 0 saturated carbocycles. The van der Waals surface area contributed by atoms with E-state index in [9.17, 15) is 9.18 Å². The molecule has 1 rings (SSSR count). The Balaban J connectivity index is 0.00000137. The van der Waals surface area contributed by atoms with E-state index in [4.69, 9.17) is 5.73 Å². The Hall–Kier alpha value is -1.58. The molecule has 1 aromatic rings. The zero-order valence-electron chi connectivity index (χ0n) is 11.7. The van der Waals surface area contributed by atoms with E-state index in [2.05, 4.69) is 0 Å². The van der Waals surface area contributed by atoms with E-state index >= 15 is 0 Å². The average Bonchev–Trinajstić information content (AvgIpc) is 2.40. The lowest BCUT2D eigenvalue weighted by atomic mass is 10.1. The second-order valence-corrected chi connectivity index (χ2v) is 3.62. The molecule has 4 heteroatoms. The summed E-state index contributed by atoms with van der Waals surface area (Å²) in [6.45, 7) is 9.05. The number of carbonyl (C=O) groups excluding carboxylic acids is 1. The van der Waals surface area contributed by atoms with E-state index in [0.29, 0.717) is 18.8 Å². The van der Waals surface area contributed by atoms with Crippen molar-refractivity contribution in [2.75, 3.05) is 18.8 Å². The Bertz CT molecular complexity index is 380. The third-order valence-electron chi connectivity index (χ3n) is 2.38. The van der Waals surface area contributed by atoms with Gasteiger partial charge in [-0.25, -0.2) is 4.39 Å². The highest BCUT2D eigenvalue weighted by Gasteiger charge is 2.17. The lowest BCUT2D eigenvalue weighted by Gasteiger charge is -2.20. The molecule has 0 unspecified atom stereocenters. The third kappa shape index (κ3) is 4.35. The van der Waals surface area contributed by atoms with Crippen molar-refractivity contribution in [1.29, 1.82) is 0 Å². The number of nitrogen functional groups attached to an aromatic ring is 1. The number of rotatable bonds is 4. The molecule has 0 bridgehead atoms. The monoisotopic (exact) mass is 254 g/mol. The molecular weight excluding hydrogens is 231 g/mol. The fraction of sp³-hybridized carbons (Fsp3) is 0.500. The van der Waals surface area contributed by atoms with Gasteiger partial charge in [0.05, 0.1) is 5.56 Å². The highest BCUT2D eigenvalue weighted by Crippen LogP contribution is 2.14. The molecule has 0 fully saturated rings. The Kier molecular flexibility index (Phi) is 7.76. The molecule has 0 aliphatic carbocycles. The molecule has 1 amide bonds. The zero-order valence-corrected chi connectivity index (χ0v) is 11.7. The SMILES string of the molecule is CC.CCCN(CC)C(=O)c1cc(N)ccc1F. The van der Waals surface area contributed by atoms with Crippen LogP contribution in [0.15, 0.2) is 18.2 Å². The molecule has 0 heterocycles. The molecule has 0 aliphatic heterocycles. The summed E-state index contributed by atoms with van der Waals surface area (Å²) in [7, 11) is 0. The number of anilines is 1. The molecule has 2 N–H and O–H groups in total. The van der Waals surface area contributed by atoms with Crippen LogP contribution in [0.2, 0.25) is 0 Å². The Morgan fingerprint density at radius 3 is 2.44 bits per heavy atom. The minimum Gasteiger partial charge on any atom is -0.399 e. The van der Waals surface area contributed by atoms with E-state index < -0.39 is 5.82 Å². The van der Waals surface area contributed by atoms with Crippen molar-refractivity contribution in [2.24, 2.45) is 0 Å². The fourth-order valence-corrected chi connectivity index (χ4v) is 1.55. The smallest absolute Gasteiger partial charge is 0.256 e. The molecule has 3 nitrogen and oxygen atoms in total. The normalized spacial score (nSPS) is 9.39. The highest BCUT2D eigenvalue weighted by atomic mass is 19.1. The lowest BCUT2D eigenvalue weighted by Crippen LogP contribution is -2.32. The van der Waals surface area contributed by atoms with Crippen LogP contribution in [0.25, 0.3) is 0 Å². The molecule has 0 aromatic heterocycles. The summed E-state index contributed by atoms with van der Waals surface area (Å²) in [6, 6.07) is 4.06. The first kappa shape index (κ1) is 16.4. The van der Waals surface area contributed by atoms with Gasteiger partial charge >= 0.3 is 0 Å². The van der Waals surface area contributed by atoms with Gasteiger partial charge in [-0.05, 0) is 31.5 Å². The predicted octanol–water partition coefficient (Wildman–Crippen LogP) is 3.31. The van der Waals surface area contributed by atoms with Crippen LogP contribution < -0.4 is 5.73 Å². The molecule has 0 aliphatic rings. The molecule has 0 atom stereocenters. The second kappa shape index (κ2) is 8.50. The molecule has 0 saturated heterocycles. The van der Waals surface area contributed by atoms with Gasteiger partial charge in [0.2, 0.25) is 0 Å². The largest absolute Gasteiger partial charge is 0.399 e. The van der Waals surface area contributed by atoms with Crippen molar-refractivity contribution in [1.82, 2.24) is 4.90 Å². The van der Waals surface area contributed by atoms with Gasteiger partial charge in [0.1, 0.15) is 5.82 Å². The molecule has 102 valence electrons. The summed E-state index contributed by atoms with van der Waals surface area (Å²) in [5.41, 5.74) is 5.99. The Labute approximate surface area is 109 Å². The summed E-state index contributed by atoms with van der Waals surface area (Å²) in [5.74, 6) is -0.817. The number of hydrogen-bond acceptors (Lipinski definition) is 2. The number of carbonyl (C=O) groups is 1. The molecule has 18 heavy (non-hydrogen) atoms. The summed E-state index contributed by atoms with van der Waals surface area (Å²) >= 11 is 0. The number of halogens is 1. The van der Waals surface area contributed by atoms with E-state index in [1.165, 1.54) is 18.2 Å². The summed E-state index contributed by atoms with van der Waals surface area (Å²) in [5, 5.41) is 0. The summed E-state index contributed by atoms with van der Waals surface area (Å²) < 4.78 is 13.5. The van der Waals surface area contributed by atoms with Gasteiger partial charge in [0.15, 0.2) is 0 Å². The van der Waals surface area contributed by atoms with E-state index in [0.717, 1.165) is 6.42 Å². The topological polar surface area (TPSA) is 46.3 Å². The van der Waals surface area contributed by atoms with E-state index in [-0.39, 0.29) is 11.5 Å². The number of hydrogen-bond donors (Lipinski definition) is 1. The number of nitrogens with zero attached hydrogens (tertiary/aromatic N) is 1. The van der Waals surface area contributed by atoms with Crippen molar-refractivity contribution >= 4 is 11.6 Å². The van der Waals surface area contributed by atoms with Crippen LogP contribution in [0.5, 0.6) is 0 Å². The fourth-order valence-electron chi connectivity index (χ4n) is 1.55. The predicted molar refractivity (Wildman–Crippen MR) is 74.0 cm³/mol. The highest BCUT2D eigenvalue weighted by molar-refractivity contribution is 5.95. The summed E-state index contributed by atoms with van der Waals surface area (Å²) in [6.07, 6.45) is 0.851. The van der Waals surface area contributed by atoms with Gasteiger partial charge in [-0.15, -0.1) is 0 Å². The first-order valence-electron chi connectivity index (χ1n) is 6.44. The minimum absolute atomic E-state index is 0.0512. The standard InChI is InChI=1S/C12H17FN2O.C2H6/c1-3-7-15(4-2)12(16)10-8-9(14)5-6-11(10)13;1-2/h5-6,8H,3-4,7,14H2,1-2H3;1-2H3. The first-order valence-corrected chi connectivity index (χ1v) is 6.44. The molecule has 0 radical (unpaired) electrons. The van der Waals surface area contributed by atoms with Crippen LogP contribution in [0.4, 0.5) is 10.1 Å². The van der Waals surface area contributed by atoms with E-state index in [1.807, 2.05) is 27.7 Å². The van der Waals surface area contributed by atoms with Gasteiger partial charge in [-0.1, -0.05) is 20.8 Å². The maximum atomic E-state index is 13.5. The average molecular weight is 254 g/mol. The first-order chi connectivity index (χ1) is 8.60. The van der Waals surface area contributed by atoms with Gasteiger partial charge in [0.25, 0.3) is 5.91 Å². The minimum atomic E-state index is -0.520. The molecule has 0 spiro atoms. The Morgan fingerprint density at radius 1 is 1.33 bits per heavy atom. The van der Waals surface area contributed by atoms with Crippen molar-refractivity contribution in [3.8, 4) is 0 Å².